The van der Waals surface area contributed by atoms with Crippen molar-refractivity contribution in [1.82, 2.24) is 0 Å². The highest BCUT2D eigenvalue weighted by molar-refractivity contribution is 5.41. The number of rotatable bonds is 0. The van der Waals surface area contributed by atoms with Crippen LogP contribution >= 0.6 is 0 Å². The predicted octanol–water partition coefficient (Wildman–Crippen LogP) is 2.96. The zero-order valence-electron chi connectivity index (χ0n) is 8.26. The van der Waals surface area contributed by atoms with Crippen LogP contribution in [0, 0.1) is 6.08 Å². The lowest BCUT2D eigenvalue weighted by molar-refractivity contribution is 0.173. The van der Waals surface area contributed by atoms with E-state index in [2.05, 4.69) is 42.5 Å². The smallest absolute Gasteiger partial charge is 0.127 e. The van der Waals surface area contributed by atoms with E-state index in [0.29, 0.717) is 5.92 Å². The van der Waals surface area contributed by atoms with Crippen LogP contribution < -0.4 is 0 Å². The van der Waals surface area contributed by atoms with Gasteiger partial charge in [-0.25, -0.2) is 0 Å². The molecule has 0 aromatic heterocycles. The molecule has 0 amide bonds. The third-order valence-electron chi connectivity index (χ3n) is 2.84. The molecule has 2 aliphatic rings. The van der Waals surface area contributed by atoms with Gasteiger partial charge in [-0.15, -0.1) is 0 Å². The molecule has 1 heteroatoms. The van der Waals surface area contributed by atoms with E-state index in [9.17, 15) is 0 Å². The number of allylic oxidation sites excluding steroid dienone is 2. The van der Waals surface area contributed by atoms with E-state index in [4.69, 9.17) is 4.74 Å². The van der Waals surface area contributed by atoms with Crippen molar-refractivity contribution in [3.63, 3.8) is 0 Å². The number of fused-ring (bicyclic) bond motifs is 3. The Labute approximate surface area is 89.4 Å². The minimum absolute atomic E-state index is 0.117. The van der Waals surface area contributed by atoms with Gasteiger partial charge in [0.1, 0.15) is 6.10 Å². The molecule has 0 saturated carbocycles. The zero-order chi connectivity index (χ0) is 10.1. The first-order valence-electron chi connectivity index (χ1n) is 5.13. The van der Waals surface area contributed by atoms with Crippen LogP contribution in [-0.2, 0) is 4.74 Å². The van der Waals surface area contributed by atoms with Gasteiger partial charge in [0, 0.05) is 12.0 Å². The van der Waals surface area contributed by atoms with Crippen LogP contribution in [-0.4, -0.2) is 6.10 Å². The van der Waals surface area contributed by atoms with Gasteiger partial charge < -0.3 is 4.74 Å². The topological polar surface area (TPSA) is 9.23 Å². The quantitative estimate of drug-likeness (QED) is 0.618. The van der Waals surface area contributed by atoms with Crippen LogP contribution in [0.3, 0.4) is 0 Å². The number of hydrogen-bond acceptors (Lipinski definition) is 1. The first kappa shape index (κ1) is 8.54. The highest BCUT2D eigenvalue weighted by Crippen LogP contribution is 2.31. The molecule has 1 aliphatic heterocycles. The molecule has 2 unspecified atom stereocenters. The second-order valence-electron chi connectivity index (χ2n) is 3.75. The maximum absolute atomic E-state index is 5.62. The van der Waals surface area contributed by atoms with Crippen molar-refractivity contribution >= 4 is 0 Å². The summed E-state index contributed by atoms with van der Waals surface area (Å²) >= 11 is 0. The second kappa shape index (κ2) is 3.43. The summed E-state index contributed by atoms with van der Waals surface area (Å²) in [6.45, 7) is 0. The van der Waals surface area contributed by atoms with Crippen molar-refractivity contribution in [2.75, 3.05) is 0 Å². The van der Waals surface area contributed by atoms with Gasteiger partial charge in [-0.3, -0.25) is 0 Å². The van der Waals surface area contributed by atoms with Crippen LogP contribution in [0.15, 0.2) is 54.8 Å². The predicted molar refractivity (Wildman–Crippen MR) is 59.3 cm³/mol. The molecule has 0 bridgehead atoms. The van der Waals surface area contributed by atoms with Gasteiger partial charge in [0.2, 0.25) is 0 Å². The lowest BCUT2D eigenvalue weighted by Crippen LogP contribution is -2.17. The summed E-state index contributed by atoms with van der Waals surface area (Å²) in [5, 5.41) is 0. The maximum atomic E-state index is 5.62. The summed E-state index contributed by atoms with van der Waals surface area (Å²) in [6.07, 6.45) is 13.3. The summed E-state index contributed by atoms with van der Waals surface area (Å²) in [5.41, 5.74) is 2.42. The van der Waals surface area contributed by atoms with Gasteiger partial charge in [-0.1, -0.05) is 42.5 Å². The van der Waals surface area contributed by atoms with E-state index in [1.807, 2.05) is 12.1 Å². The molecule has 73 valence electrons. The second-order valence-corrected chi connectivity index (χ2v) is 3.75. The van der Waals surface area contributed by atoms with Gasteiger partial charge in [0.05, 0.1) is 6.26 Å². The Morgan fingerprint density at radius 3 is 2.93 bits per heavy atom. The van der Waals surface area contributed by atoms with E-state index < -0.39 is 0 Å². The molecule has 0 spiro atoms. The molecule has 1 nitrogen and oxygen atoms in total. The molecule has 1 aromatic carbocycles. The van der Waals surface area contributed by atoms with Gasteiger partial charge in [0.15, 0.2) is 0 Å². The van der Waals surface area contributed by atoms with Gasteiger partial charge >= 0.3 is 0 Å². The molecule has 2 atom stereocenters. The standard InChI is InChI=1S/C14H11O/c1-2-6-12-11(5-1)9-10-15-14-8-4-3-7-13(12)14/h1-8,10,13-14H. The molecule has 0 saturated heterocycles. The average Bonchev–Trinajstić information content (AvgIpc) is 2.48. The monoisotopic (exact) mass is 195 g/mol. The van der Waals surface area contributed by atoms with E-state index in [0.717, 1.165) is 5.56 Å². The molecular formula is C14H11O. The Morgan fingerprint density at radius 1 is 1.07 bits per heavy atom. The fraction of sp³-hybridized carbons (Fsp3) is 0.143. The Hall–Kier alpha value is -1.76. The maximum Gasteiger partial charge on any atom is 0.127 e. The molecule has 15 heavy (non-hydrogen) atoms. The molecular weight excluding hydrogens is 184 g/mol. The Morgan fingerprint density at radius 2 is 1.93 bits per heavy atom. The fourth-order valence-electron chi connectivity index (χ4n) is 2.09. The summed E-state index contributed by atoms with van der Waals surface area (Å²) < 4.78 is 5.62. The summed E-state index contributed by atoms with van der Waals surface area (Å²) in [4.78, 5) is 0. The highest BCUT2D eigenvalue weighted by Gasteiger charge is 2.24. The number of hydrogen-bond donors (Lipinski definition) is 0. The lowest BCUT2D eigenvalue weighted by atomic mass is 9.87. The van der Waals surface area contributed by atoms with Gasteiger partial charge in [0.25, 0.3) is 0 Å². The minimum Gasteiger partial charge on any atom is -0.492 e. The van der Waals surface area contributed by atoms with E-state index >= 15 is 0 Å². The van der Waals surface area contributed by atoms with Crippen molar-refractivity contribution in [1.29, 1.82) is 0 Å². The lowest BCUT2D eigenvalue weighted by Gasteiger charge is -2.22. The van der Waals surface area contributed by atoms with Crippen molar-refractivity contribution in [2.45, 2.75) is 12.0 Å². The van der Waals surface area contributed by atoms with Gasteiger partial charge in [-0.05, 0) is 17.2 Å². The molecule has 1 radical (unpaired) electrons. The Bertz CT molecular complexity index is 454. The largest absolute Gasteiger partial charge is 0.492 e. The van der Waals surface area contributed by atoms with E-state index in [1.54, 1.807) is 6.26 Å². The average molecular weight is 195 g/mol. The summed E-state index contributed by atoms with van der Waals surface area (Å²) in [6, 6.07) is 8.31. The summed E-state index contributed by atoms with van der Waals surface area (Å²) in [5.74, 6) is 0.317. The normalized spacial score (nSPS) is 26.4. The van der Waals surface area contributed by atoms with Crippen molar-refractivity contribution < 1.29 is 4.74 Å². The molecule has 1 aromatic rings. The third kappa shape index (κ3) is 1.40. The van der Waals surface area contributed by atoms with Crippen LogP contribution in [0.2, 0.25) is 0 Å². The zero-order valence-corrected chi connectivity index (χ0v) is 8.26. The Kier molecular flexibility index (Phi) is 1.95. The van der Waals surface area contributed by atoms with E-state index in [-0.39, 0.29) is 6.10 Å². The first-order valence-corrected chi connectivity index (χ1v) is 5.13. The molecule has 0 N–H and O–H groups in total. The molecule has 3 rings (SSSR count). The molecule has 0 fully saturated rings. The Balaban J connectivity index is 2.13. The van der Waals surface area contributed by atoms with E-state index in [1.165, 1.54) is 5.56 Å². The number of ether oxygens (including phenoxy) is 1. The van der Waals surface area contributed by atoms with Crippen molar-refractivity contribution in [3.05, 3.63) is 72.0 Å². The van der Waals surface area contributed by atoms with Crippen molar-refractivity contribution in [3.8, 4) is 0 Å². The summed E-state index contributed by atoms with van der Waals surface area (Å²) in [7, 11) is 0. The minimum atomic E-state index is 0.117. The van der Waals surface area contributed by atoms with Crippen LogP contribution in [0.4, 0.5) is 0 Å². The van der Waals surface area contributed by atoms with Gasteiger partial charge in [-0.2, -0.15) is 0 Å². The highest BCUT2D eigenvalue weighted by atomic mass is 16.5. The number of benzene rings is 1. The third-order valence-corrected chi connectivity index (χ3v) is 2.84. The SMILES string of the molecule is [C]1=COC2C=CC=CC2c2ccccc21. The fourth-order valence-corrected chi connectivity index (χ4v) is 2.09. The molecule has 1 heterocycles. The van der Waals surface area contributed by atoms with Crippen molar-refractivity contribution in [2.24, 2.45) is 0 Å². The van der Waals surface area contributed by atoms with Crippen LogP contribution in [0.25, 0.3) is 0 Å². The molecule has 1 aliphatic carbocycles. The van der Waals surface area contributed by atoms with Crippen LogP contribution in [0.5, 0.6) is 0 Å². The van der Waals surface area contributed by atoms with Crippen LogP contribution in [0.1, 0.15) is 17.0 Å². The first-order chi connectivity index (χ1) is 7.45.